The third kappa shape index (κ3) is 2.84. The van der Waals surface area contributed by atoms with Crippen LogP contribution < -0.4 is 4.74 Å². The summed E-state index contributed by atoms with van der Waals surface area (Å²) in [5, 5.41) is 0. The number of halogens is 1. The zero-order chi connectivity index (χ0) is 9.68. The third-order valence-electron chi connectivity index (χ3n) is 1.77. The Bertz CT molecular complexity index is 297. The molecular formula is C10H11BrO2. The fourth-order valence-electron chi connectivity index (χ4n) is 1.16. The lowest BCUT2D eigenvalue weighted by atomic mass is 10.1. The molecule has 0 amide bonds. The van der Waals surface area contributed by atoms with E-state index in [0.29, 0.717) is 6.42 Å². The molecule has 70 valence electrons. The molecule has 0 heterocycles. The number of ether oxygens (including phenoxy) is 1. The fraction of sp³-hybridized carbons (Fsp3) is 0.300. The highest BCUT2D eigenvalue weighted by Gasteiger charge is 2.02. The maximum atomic E-state index is 10.2. The quantitative estimate of drug-likeness (QED) is 0.759. The van der Waals surface area contributed by atoms with Crippen molar-refractivity contribution in [2.45, 2.75) is 12.8 Å². The minimum absolute atomic E-state index is 0.535. The summed E-state index contributed by atoms with van der Waals surface area (Å²) in [6.45, 7) is 0. The van der Waals surface area contributed by atoms with Crippen LogP contribution in [-0.2, 0) is 11.2 Å². The van der Waals surface area contributed by atoms with Crippen LogP contribution in [0.25, 0.3) is 0 Å². The maximum absolute atomic E-state index is 10.2. The molecule has 0 N–H and O–H groups in total. The van der Waals surface area contributed by atoms with Crippen molar-refractivity contribution in [2.24, 2.45) is 0 Å². The van der Waals surface area contributed by atoms with Gasteiger partial charge in [-0.05, 0) is 30.2 Å². The SMILES string of the molecule is COc1ccc(Br)cc1CCC=O. The summed E-state index contributed by atoms with van der Waals surface area (Å²) in [5.41, 5.74) is 1.06. The lowest BCUT2D eigenvalue weighted by Crippen LogP contribution is -1.92. The van der Waals surface area contributed by atoms with Crippen molar-refractivity contribution in [3.63, 3.8) is 0 Å². The van der Waals surface area contributed by atoms with E-state index in [-0.39, 0.29) is 0 Å². The summed E-state index contributed by atoms with van der Waals surface area (Å²) < 4.78 is 6.17. The second-order valence-corrected chi connectivity index (χ2v) is 3.58. The first-order valence-electron chi connectivity index (χ1n) is 4.04. The normalized spacial score (nSPS) is 9.69. The van der Waals surface area contributed by atoms with Gasteiger partial charge < -0.3 is 9.53 Å². The van der Waals surface area contributed by atoms with Crippen LogP contribution in [0.15, 0.2) is 22.7 Å². The largest absolute Gasteiger partial charge is 0.496 e. The van der Waals surface area contributed by atoms with Crippen LogP contribution in [0.3, 0.4) is 0 Å². The zero-order valence-electron chi connectivity index (χ0n) is 7.42. The van der Waals surface area contributed by atoms with Crippen molar-refractivity contribution in [3.05, 3.63) is 28.2 Å². The molecule has 1 aromatic rings. The fourth-order valence-corrected chi connectivity index (χ4v) is 1.57. The lowest BCUT2D eigenvalue weighted by molar-refractivity contribution is -0.107. The monoisotopic (exact) mass is 242 g/mol. The van der Waals surface area contributed by atoms with Crippen LogP contribution in [0.4, 0.5) is 0 Å². The Morgan fingerprint density at radius 1 is 1.54 bits per heavy atom. The number of benzene rings is 1. The molecule has 1 rings (SSSR count). The van der Waals surface area contributed by atoms with Gasteiger partial charge in [-0.15, -0.1) is 0 Å². The van der Waals surface area contributed by atoms with Gasteiger partial charge in [-0.1, -0.05) is 15.9 Å². The molecule has 0 atom stereocenters. The van der Waals surface area contributed by atoms with Crippen LogP contribution in [0.5, 0.6) is 5.75 Å². The highest BCUT2D eigenvalue weighted by Crippen LogP contribution is 2.23. The van der Waals surface area contributed by atoms with Gasteiger partial charge in [0.05, 0.1) is 7.11 Å². The van der Waals surface area contributed by atoms with Gasteiger partial charge in [-0.25, -0.2) is 0 Å². The number of carbonyl (C=O) groups excluding carboxylic acids is 1. The van der Waals surface area contributed by atoms with E-state index in [1.807, 2.05) is 18.2 Å². The average Bonchev–Trinajstić information content (AvgIpc) is 2.15. The first-order valence-corrected chi connectivity index (χ1v) is 4.83. The van der Waals surface area contributed by atoms with E-state index < -0.39 is 0 Å². The zero-order valence-corrected chi connectivity index (χ0v) is 9.00. The number of rotatable bonds is 4. The third-order valence-corrected chi connectivity index (χ3v) is 2.27. The predicted molar refractivity (Wildman–Crippen MR) is 55.1 cm³/mol. The number of carbonyl (C=O) groups is 1. The molecule has 0 fully saturated rings. The number of hydrogen-bond acceptors (Lipinski definition) is 2. The predicted octanol–water partition coefficient (Wildman–Crippen LogP) is 2.59. The van der Waals surface area contributed by atoms with Gasteiger partial charge in [0.2, 0.25) is 0 Å². The van der Waals surface area contributed by atoms with E-state index in [0.717, 1.165) is 28.5 Å². The van der Waals surface area contributed by atoms with Crippen LogP contribution in [0, 0.1) is 0 Å². The van der Waals surface area contributed by atoms with E-state index in [1.54, 1.807) is 7.11 Å². The van der Waals surface area contributed by atoms with Crippen molar-refractivity contribution in [1.29, 1.82) is 0 Å². The summed E-state index contributed by atoms with van der Waals surface area (Å²) in [6.07, 6.45) is 2.18. The molecule has 0 aliphatic carbocycles. The van der Waals surface area contributed by atoms with Gasteiger partial charge in [0.1, 0.15) is 12.0 Å². The Labute approximate surface area is 86.0 Å². The molecule has 1 aromatic carbocycles. The second kappa shape index (κ2) is 5.02. The van der Waals surface area contributed by atoms with E-state index in [1.165, 1.54) is 0 Å². The molecule has 0 spiro atoms. The van der Waals surface area contributed by atoms with E-state index >= 15 is 0 Å². The molecule has 0 aliphatic rings. The Kier molecular flexibility index (Phi) is 3.96. The minimum atomic E-state index is 0.535. The summed E-state index contributed by atoms with van der Waals surface area (Å²) in [5.74, 6) is 0.838. The molecule has 0 aliphatic heterocycles. The summed E-state index contributed by atoms with van der Waals surface area (Å²) in [6, 6.07) is 5.79. The molecule has 0 saturated heterocycles. The van der Waals surface area contributed by atoms with E-state index in [9.17, 15) is 4.79 Å². The molecule has 3 heteroatoms. The molecule has 0 saturated carbocycles. The first-order chi connectivity index (χ1) is 6.27. The van der Waals surface area contributed by atoms with Crippen molar-refractivity contribution >= 4 is 22.2 Å². The first kappa shape index (κ1) is 10.3. The lowest BCUT2D eigenvalue weighted by Gasteiger charge is -2.06. The van der Waals surface area contributed by atoms with Crippen LogP contribution in [0.1, 0.15) is 12.0 Å². The van der Waals surface area contributed by atoms with E-state index in [2.05, 4.69) is 15.9 Å². The Morgan fingerprint density at radius 3 is 2.92 bits per heavy atom. The number of aryl methyl sites for hydroxylation is 1. The van der Waals surface area contributed by atoms with Crippen LogP contribution >= 0.6 is 15.9 Å². The molecule has 0 aromatic heterocycles. The standard InChI is InChI=1S/C10H11BrO2/c1-13-10-5-4-9(11)7-8(10)3-2-6-12/h4-7H,2-3H2,1H3. The molecule has 0 radical (unpaired) electrons. The Morgan fingerprint density at radius 2 is 2.31 bits per heavy atom. The number of methoxy groups -OCH3 is 1. The highest BCUT2D eigenvalue weighted by atomic mass is 79.9. The van der Waals surface area contributed by atoms with Crippen molar-refractivity contribution in [3.8, 4) is 5.75 Å². The van der Waals surface area contributed by atoms with Crippen LogP contribution in [0.2, 0.25) is 0 Å². The molecule has 2 nitrogen and oxygen atoms in total. The van der Waals surface area contributed by atoms with Crippen molar-refractivity contribution < 1.29 is 9.53 Å². The molecular weight excluding hydrogens is 232 g/mol. The summed E-state index contributed by atoms with van der Waals surface area (Å²) in [7, 11) is 1.63. The number of hydrogen-bond donors (Lipinski definition) is 0. The second-order valence-electron chi connectivity index (χ2n) is 2.66. The number of aldehydes is 1. The van der Waals surface area contributed by atoms with Gasteiger partial charge in [-0.3, -0.25) is 0 Å². The minimum Gasteiger partial charge on any atom is -0.496 e. The van der Waals surface area contributed by atoms with Gasteiger partial charge >= 0.3 is 0 Å². The van der Waals surface area contributed by atoms with Crippen molar-refractivity contribution in [1.82, 2.24) is 0 Å². The summed E-state index contributed by atoms with van der Waals surface area (Å²) in [4.78, 5) is 10.2. The Balaban J connectivity index is 2.87. The topological polar surface area (TPSA) is 26.3 Å². The Hall–Kier alpha value is -0.830. The van der Waals surface area contributed by atoms with Gasteiger partial charge in [0.25, 0.3) is 0 Å². The van der Waals surface area contributed by atoms with Crippen molar-refractivity contribution in [2.75, 3.05) is 7.11 Å². The van der Waals surface area contributed by atoms with Crippen LogP contribution in [-0.4, -0.2) is 13.4 Å². The maximum Gasteiger partial charge on any atom is 0.122 e. The average molecular weight is 243 g/mol. The smallest absolute Gasteiger partial charge is 0.122 e. The van der Waals surface area contributed by atoms with E-state index in [4.69, 9.17) is 4.74 Å². The van der Waals surface area contributed by atoms with Gasteiger partial charge in [-0.2, -0.15) is 0 Å². The molecule has 0 unspecified atom stereocenters. The van der Waals surface area contributed by atoms with Gasteiger partial charge in [0, 0.05) is 10.9 Å². The molecule has 13 heavy (non-hydrogen) atoms. The van der Waals surface area contributed by atoms with Gasteiger partial charge in [0.15, 0.2) is 0 Å². The highest BCUT2D eigenvalue weighted by molar-refractivity contribution is 9.10. The summed E-state index contributed by atoms with van der Waals surface area (Å²) >= 11 is 3.37. The molecule has 0 bridgehead atoms.